The van der Waals surface area contributed by atoms with E-state index in [-0.39, 0.29) is 30.2 Å². The number of rotatable bonds is 6. The first kappa shape index (κ1) is 21.3. The van der Waals surface area contributed by atoms with Crippen LogP contribution in [0.3, 0.4) is 0 Å². The third-order valence-corrected chi connectivity index (χ3v) is 7.04. The molecule has 0 aliphatic carbocycles. The third-order valence-electron chi connectivity index (χ3n) is 5.16. The molecule has 0 atom stereocenters. The summed E-state index contributed by atoms with van der Waals surface area (Å²) in [6.45, 7) is 3.22. The van der Waals surface area contributed by atoms with Crippen LogP contribution in [0.2, 0.25) is 0 Å². The highest BCUT2D eigenvalue weighted by Crippen LogP contribution is 2.14. The Balaban J connectivity index is 1.74. The molecule has 9 nitrogen and oxygen atoms in total. The minimum atomic E-state index is -3.23. The van der Waals surface area contributed by atoms with Crippen molar-refractivity contribution in [1.82, 2.24) is 18.8 Å². The SMILES string of the molecule is CCS(=O)(=O)N1CCN(C(=O)CCn2c(=O)c(N(C)C)nc3ccccc32)CC1. The van der Waals surface area contributed by atoms with Crippen LogP contribution in [-0.2, 0) is 21.4 Å². The second-order valence-electron chi connectivity index (χ2n) is 7.21. The molecule has 29 heavy (non-hydrogen) atoms. The first-order chi connectivity index (χ1) is 13.7. The van der Waals surface area contributed by atoms with Crippen molar-refractivity contribution in [3.05, 3.63) is 34.6 Å². The molecule has 1 aliphatic rings. The van der Waals surface area contributed by atoms with Gasteiger partial charge in [0.25, 0.3) is 5.56 Å². The molecular weight excluding hydrogens is 394 g/mol. The summed E-state index contributed by atoms with van der Waals surface area (Å²) < 4.78 is 27.0. The number of carbonyl (C=O) groups is 1. The second-order valence-corrected chi connectivity index (χ2v) is 9.46. The first-order valence-corrected chi connectivity index (χ1v) is 11.3. The molecule has 2 heterocycles. The van der Waals surface area contributed by atoms with Crippen molar-refractivity contribution in [2.45, 2.75) is 19.9 Å². The lowest BCUT2D eigenvalue weighted by Gasteiger charge is -2.34. The molecular formula is C19H27N5O4S. The molecule has 0 radical (unpaired) electrons. The van der Waals surface area contributed by atoms with E-state index in [9.17, 15) is 18.0 Å². The van der Waals surface area contributed by atoms with Crippen molar-refractivity contribution in [2.24, 2.45) is 0 Å². The standard InChI is InChI=1S/C19H27N5O4S/c1-4-29(27,28)23-13-11-22(12-14-23)17(25)9-10-24-16-8-6-5-7-15(16)20-18(19(24)26)21(2)3/h5-8H,4,9-14H2,1-3H3. The van der Waals surface area contributed by atoms with Crippen LogP contribution in [0.25, 0.3) is 11.0 Å². The van der Waals surface area contributed by atoms with E-state index in [1.807, 2.05) is 24.3 Å². The fourth-order valence-corrected chi connectivity index (χ4v) is 4.54. The van der Waals surface area contributed by atoms with Gasteiger partial charge >= 0.3 is 0 Å². The number of benzene rings is 1. The van der Waals surface area contributed by atoms with Crippen molar-refractivity contribution in [1.29, 1.82) is 0 Å². The first-order valence-electron chi connectivity index (χ1n) is 9.67. The summed E-state index contributed by atoms with van der Waals surface area (Å²) in [5.74, 6) is 0.306. The topological polar surface area (TPSA) is 95.8 Å². The molecule has 0 N–H and O–H groups in total. The van der Waals surface area contributed by atoms with E-state index in [0.717, 1.165) is 0 Å². The van der Waals surface area contributed by atoms with Gasteiger partial charge in [0.2, 0.25) is 15.9 Å². The van der Waals surface area contributed by atoms with Gasteiger partial charge in [0, 0.05) is 53.2 Å². The third kappa shape index (κ3) is 4.43. The highest BCUT2D eigenvalue weighted by molar-refractivity contribution is 7.89. The zero-order valence-corrected chi connectivity index (χ0v) is 17.9. The lowest BCUT2D eigenvalue weighted by Crippen LogP contribution is -2.51. The van der Waals surface area contributed by atoms with Crippen molar-refractivity contribution in [2.75, 3.05) is 50.9 Å². The number of anilines is 1. The zero-order valence-electron chi connectivity index (χ0n) is 17.0. The number of fused-ring (bicyclic) bond motifs is 1. The normalized spacial score (nSPS) is 15.6. The highest BCUT2D eigenvalue weighted by atomic mass is 32.2. The van der Waals surface area contributed by atoms with Crippen LogP contribution < -0.4 is 10.5 Å². The predicted octanol–water partition coefficient (Wildman–Crippen LogP) is 0.347. The molecule has 158 valence electrons. The molecule has 1 saturated heterocycles. The summed E-state index contributed by atoms with van der Waals surface area (Å²) in [6, 6.07) is 7.36. The number of nitrogens with zero attached hydrogens (tertiary/aromatic N) is 5. The largest absolute Gasteiger partial charge is 0.358 e. The number of piperazine rings is 1. The van der Waals surface area contributed by atoms with Crippen LogP contribution in [0.15, 0.2) is 29.1 Å². The van der Waals surface area contributed by atoms with E-state index < -0.39 is 10.0 Å². The molecule has 1 fully saturated rings. The number of carbonyl (C=O) groups excluding carboxylic acids is 1. The van der Waals surface area contributed by atoms with Gasteiger partial charge in [-0.15, -0.1) is 0 Å². The Morgan fingerprint density at radius 2 is 1.79 bits per heavy atom. The average Bonchev–Trinajstić information content (AvgIpc) is 2.72. The van der Waals surface area contributed by atoms with Gasteiger partial charge in [0.05, 0.1) is 16.8 Å². The highest BCUT2D eigenvalue weighted by Gasteiger charge is 2.27. The lowest BCUT2D eigenvalue weighted by atomic mass is 10.2. The van der Waals surface area contributed by atoms with Crippen LogP contribution in [-0.4, -0.2) is 79.1 Å². The lowest BCUT2D eigenvalue weighted by molar-refractivity contribution is -0.132. The smallest absolute Gasteiger partial charge is 0.293 e. The predicted molar refractivity (Wildman–Crippen MR) is 113 cm³/mol. The van der Waals surface area contributed by atoms with Crippen LogP contribution >= 0.6 is 0 Å². The monoisotopic (exact) mass is 421 g/mol. The van der Waals surface area contributed by atoms with Gasteiger partial charge in [-0.1, -0.05) is 12.1 Å². The summed E-state index contributed by atoms with van der Waals surface area (Å²) in [5, 5.41) is 0. The Kier molecular flexibility index (Phi) is 6.23. The zero-order chi connectivity index (χ0) is 21.2. The Morgan fingerprint density at radius 3 is 2.41 bits per heavy atom. The molecule has 10 heteroatoms. The molecule has 0 spiro atoms. The minimum absolute atomic E-state index is 0.0627. The molecule has 0 saturated carbocycles. The minimum Gasteiger partial charge on any atom is -0.358 e. The van der Waals surface area contributed by atoms with Crippen LogP contribution in [0.1, 0.15) is 13.3 Å². The van der Waals surface area contributed by atoms with Crippen molar-refractivity contribution in [3.8, 4) is 0 Å². The van der Waals surface area contributed by atoms with Gasteiger partial charge in [0.1, 0.15) is 0 Å². The molecule has 0 bridgehead atoms. The number of hydrogen-bond acceptors (Lipinski definition) is 6. The summed E-state index contributed by atoms with van der Waals surface area (Å²) in [6.07, 6.45) is 0.168. The number of aromatic nitrogens is 2. The Bertz CT molecular complexity index is 1060. The molecule has 2 aromatic rings. The fraction of sp³-hybridized carbons (Fsp3) is 0.526. The van der Waals surface area contributed by atoms with Crippen LogP contribution in [0.4, 0.5) is 5.82 Å². The molecule has 3 rings (SSSR count). The van der Waals surface area contributed by atoms with Gasteiger partial charge in [-0.3, -0.25) is 9.59 Å². The van der Waals surface area contributed by atoms with E-state index in [0.29, 0.717) is 43.0 Å². The maximum absolute atomic E-state index is 12.9. The van der Waals surface area contributed by atoms with E-state index >= 15 is 0 Å². The van der Waals surface area contributed by atoms with Gasteiger partial charge < -0.3 is 14.4 Å². The summed E-state index contributed by atoms with van der Waals surface area (Å²) in [5.41, 5.74) is 1.15. The average molecular weight is 422 g/mol. The number of hydrogen-bond donors (Lipinski definition) is 0. The van der Waals surface area contributed by atoms with E-state index in [1.54, 1.807) is 35.4 Å². The number of sulfonamides is 1. The van der Waals surface area contributed by atoms with Gasteiger partial charge in [-0.05, 0) is 19.1 Å². The van der Waals surface area contributed by atoms with Crippen LogP contribution in [0, 0.1) is 0 Å². The van der Waals surface area contributed by atoms with E-state index in [4.69, 9.17) is 0 Å². The van der Waals surface area contributed by atoms with Gasteiger partial charge in [0.15, 0.2) is 5.82 Å². The summed E-state index contributed by atoms with van der Waals surface area (Å²) >= 11 is 0. The maximum atomic E-state index is 12.9. The molecule has 1 aliphatic heterocycles. The van der Waals surface area contributed by atoms with Crippen molar-refractivity contribution >= 4 is 32.8 Å². The van der Waals surface area contributed by atoms with E-state index in [2.05, 4.69) is 4.98 Å². The van der Waals surface area contributed by atoms with Gasteiger partial charge in [-0.25, -0.2) is 13.4 Å². The summed E-state index contributed by atoms with van der Waals surface area (Å²) in [7, 11) is 0.293. The fourth-order valence-electron chi connectivity index (χ4n) is 3.46. The number of aryl methyl sites for hydroxylation is 1. The maximum Gasteiger partial charge on any atom is 0.293 e. The summed E-state index contributed by atoms with van der Waals surface area (Å²) in [4.78, 5) is 33.3. The second kappa shape index (κ2) is 8.50. The molecule has 1 amide bonds. The molecule has 1 aromatic carbocycles. The number of amides is 1. The Labute approximate surface area is 170 Å². The Morgan fingerprint density at radius 1 is 1.14 bits per heavy atom. The Hall–Kier alpha value is -2.46. The molecule has 0 unspecified atom stereocenters. The van der Waals surface area contributed by atoms with Crippen LogP contribution in [0.5, 0.6) is 0 Å². The quantitative estimate of drug-likeness (QED) is 0.668. The number of para-hydroxylation sites is 2. The van der Waals surface area contributed by atoms with Crippen molar-refractivity contribution < 1.29 is 13.2 Å². The van der Waals surface area contributed by atoms with Crippen molar-refractivity contribution in [3.63, 3.8) is 0 Å². The van der Waals surface area contributed by atoms with Gasteiger partial charge in [-0.2, -0.15) is 4.31 Å². The molecule has 1 aromatic heterocycles. The van der Waals surface area contributed by atoms with E-state index in [1.165, 1.54) is 4.31 Å².